The van der Waals surface area contributed by atoms with Crippen LogP contribution in [0.1, 0.15) is 37.4 Å². The highest BCUT2D eigenvalue weighted by Crippen LogP contribution is 2.37. The molecule has 0 amide bonds. The van der Waals surface area contributed by atoms with E-state index in [2.05, 4.69) is 6.07 Å². The van der Waals surface area contributed by atoms with E-state index in [1.165, 1.54) is 0 Å². The quantitative estimate of drug-likeness (QED) is 0.845. The number of carbonyl (C=O) groups is 1. The van der Waals surface area contributed by atoms with Gasteiger partial charge in [0.25, 0.3) is 0 Å². The van der Waals surface area contributed by atoms with Crippen molar-refractivity contribution in [2.45, 2.75) is 31.7 Å². The first-order valence-electron chi connectivity index (χ1n) is 5.49. The summed E-state index contributed by atoms with van der Waals surface area (Å²) in [5.74, 6) is -0.463. The molecule has 0 bridgehead atoms. The molecule has 1 heterocycles. The van der Waals surface area contributed by atoms with E-state index in [9.17, 15) is 4.79 Å². The summed E-state index contributed by atoms with van der Waals surface area (Å²) >= 11 is 0. The highest BCUT2D eigenvalue weighted by molar-refractivity contribution is 5.67. The van der Waals surface area contributed by atoms with Crippen LogP contribution in [0.4, 0.5) is 0 Å². The largest absolute Gasteiger partial charge is 0.481 e. The molecule has 0 radical (unpaired) electrons. The Morgan fingerprint density at radius 1 is 1.62 bits per heavy atom. The first-order chi connectivity index (χ1) is 7.70. The van der Waals surface area contributed by atoms with Crippen molar-refractivity contribution in [1.82, 2.24) is 4.57 Å². The zero-order chi connectivity index (χ0) is 11.5. The van der Waals surface area contributed by atoms with E-state index >= 15 is 0 Å². The second-order valence-electron chi connectivity index (χ2n) is 4.34. The number of nitrogens with zero attached hydrogens (tertiary/aromatic N) is 2. The van der Waals surface area contributed by atoms with Gasteiger partial charge in [-0.3, -0.25) is 4.79 Å². The lowest BCUT2D eigenvalue weighted by atomic mass is 10.0. The number of hydrogen-bond donors (Lipinski definition) is 1. The summed E-state index contributed by atoms with van der Waals surface area (Å²) in [6.07, 6.45) is 4.95. The van der Waals surface area contributed by atoms with Gasteiger partial charge >= 0.3 is 5.97 Å². The molecule has 1 aromatic heterocycles. The fourth-order valence-electron chi connectivity index (χ4n) is 2.54. The van der Waals surface area contributed by atoms with Gasteiger partial charge in [0.15, 0.2) is 0 Å². The van der Waals surface area contributed by atoms with Crippen LogP contribution in [-0.4, -0.2) is 15.6 Å². The maximum Gasteiger partial charge on any atom is 0.303 e. The summed E-state index contributed by atoms with van der Waals surface area (Å²) in [4.78, 5) is 10.6. The van der Waals surface area contributed by atoms with Gasteiger partial charge in [0.1, 0.15) is 11.8 Å². The molecule has 2 unspecified atom stereocenters. The molecule has 0 aromatic carbocycles. The highest BCUT2D eigenvalue weighted by Gasteiger charge is 2.28. The number of rotatable bonds is 3. The monoisotopic (exact) mass is 218 g/mol. The predicted molar refractivity (Wildman–Crippen MR) is 57.8 cm³/mol. The van der Waals surface area contributed by atoms with Crippen molar-refractivity contribution in [3.63, 3.8) is 0 Å². The molecule has 2 atom stereocenters. The average Bonchev–Trinajstić information content (AvgIpc) is 2.83. The molecule has 0 saturated heterocycles. The minimum Gasteiger partial charge on any atom is -0.481 e. The molecule has 1 aliphatic rings. The van der Waals surface area contributed by atoms with Crippen molar-refractivity contribution in [3.8, 4) is 6.07 Å². The highest BCUT2D eigenvalue weighted by atomic mass is 16.4. The third kappa shape index (κ3) is 2.08. The Bertz CT molecular complexity index is 430. The number of aliphatic carboxylic acids is 1. The maximum atomic E-state index is 10.6. The molecule has 1 saturated carbocycles. The van der Waals surface area contributed by atoms with Gasteiger partial charge in [0.05, 0.1) is 0 Å². The van der Waals surface area contributed by atoms with E-state index in [4.69, 9.17) is 10.4 Å². The van der Waals surface area contributed by atoms with Crippen molar-refractivity contribution in [2.24, 2.45) is 5.92 Å². The molecule has 4 nitrogen and oxygen atoms in total. The number of carboxylic acid groups (broad SMARTS) is 1. The van der Waals surface area contributed by atoms with Gasteiger partial charge in [0, 0.05) is 18.7 Å². The van der Waals surface area contributed by atoms with Crippen molar-refractivity contribution in [3.05, 3.63) is 24.0 Å². The van der Waals surface area contributed by atoms with Crippen LogP contribution in [0.5, 0.6) is 0 Å². The first kappa shape index (κ1) is 10.7. The molecular weight excluding hydrogens is 204 g/mol. The molecule has 1 aliphatic carbocycles. The lowest BCUT2D eigenvalue weighted by Crippen LogP contribution is -2.08. The summed E-state index contributed by atoms with van der Waals surface area (Å²) in [7, 11) is 0. The second-order valence-corrected chi connectivity index (χ2v) is 4.34. The van der Waals surface area contributed by atoms with Gasteiger partial charge in [-0.15, -0.1) is 0 Å². The SMILES string of the molecule is N#Cc1cccn1C1CCC(CC(=O)O)C1. The lowest BCUT2D eigenvalue weighted by Gasteiger charge is -2.13. The third-order valence-corrected chi connectivity index (χ3v) is 3.26. The minimum absolute atomic E-state index is 0.250. The normalized spacial score (nSPS) is 24.2. The number of hydrogen-bond acceptors (Lipinski definition) is 2. The molecular formula is C12H14N2O2. The zero-order valence-electron chi connectivity index (χ0n) is 8.97. The first-order valence-corrected chi connectivity index (χ1v) is 5.49. The van der Waals surface area contributed by atoms with Crippen LogP contribution in [0.25, 0.3) is 0 Å². The van der Waals surface area contributed by atoms with Crippen molar-refractivity contribution < 1.29 is 9.90 Å². The average molecular weight is 218 g/mol. The van der Waals surface area contributed by atoms with Gasteiger partial charge in [-0.25, -0.2) is 0 Å². The van der Waals surface area contributed by atoms with Crippen LogP contribution < -0.4 is 0 Å². The van der Waals surface area contributed by atoms with Crippen molar-refractivity contribution in [2.75, 3.05) is 0 Å². The minimum atomic E-state index is -0.723. The van der Waals surface area contributed by atoms with Crippen LogP contribution >= 0.6 is 0 Å². The van der Waals surface area contributed by atoms with E-state index in [-0.39, 0.29) is 12.3 Å². The Hall–Kier alpha value is -1.76. The number of carboxylic acids is 1. The topological polar surface area (TPSA) is 66.0 Å². The molecule has 84 valence electrons. The fourth-order valence-corrected chi connectivity index (χ4v) is 2.54. The zero-order valence-corrected chi connectivity index (χ0v) is 8.97. The molecule has 0 aliphatic heterocycles. The van der Waals surface area contributed by atoms with Gasteiger partial charge in [-0.2, -0.15) is 5.26 Å². The Kier molecular flexibility index (Phi) is 2.95. The van der Waals surface area contributed by atoms with E-state index in [0.717, 1.165) is 19.3 Å². The molecule has 1 N–H and O–H groups in total. The number of nitriles is 1. The lowest BCUT2D eigenvalue weighted by molar-refractivity contribution is -0.138. The van der Waals surface area contributed by atoms with Crippen LogP contribution in [0, 0.1) is 17.2 Å². The summed E-state index contributed by atoms with van der Waals surface area (Å²) in [6, 6.07) is 6.12. The number of aromatic nitrogens is 1. The predicted octanol–water partition coefficient (Wildman–Crippen LogP) is 2.18. The van der Waals surface area contributed by atoms with Crippen LogP contribution in [0.15, 0.2) is 18.3 Å². The second kappa shape index (κ2) is 4.40. The fraction of sp³-hybridized carbons (Fsp3) is 0.500. The van der Waals surface area contributed by atoms with E-state index in [1.54, 1.807) is 6.07 Å². The van der Waals surface area contributed by atoms with Crippen LogP contribution in [0.3, 0.4) is 0 Å². The van der Waals surface area contributed by atoms with E-state index < -0.39 is 5.97 Å². The standard InChI is InChI=1S/C12H14N2O2/c13-8-11-2-1-5-14(11)10-4-3-9(6-10)7-12(15)16/h1-2,5,9-10H,3-4,6-7H2,(H,15,16). The Labute approximate surface area is 94.1 Å². The van der Waals surface area contributed by atoms with Crippen LogP contribution in [0.2, 0.25) is 0 Å². The van der Waals surface area contributed by atoms with E-state index in [0.29, 0.717) is 11.7 Å². The van der Waals surface area contributed by atoms with Crippen molar-refractivity contribution in [1.29, 1.82) is 5.26 Å². The van der Waals surface area contributed by atoms with Gasteiger partial charge in [0.2, 0.25) is 0 Å². The van der Waals surface area contributed by atoms with Gasteiger partial charge in [-0.05, 0) is 37.3 Å². The third-order valence-electron chi connectivity index (χ3n) is 3.26. The Balaban J connectivity index is 2.04. The summed E-state index contributed by atoms with van der Waals surface area (Å²) in [6.45, 7) is 0. The summed E-state index contributed by atoms with van der Waals surface area (Å²) in [5, 5.41) is 17.6. The summed E-state index contributed by atoms with van der Waals surface area (Å²) in [5.41, 5.74) is 0.668. The molecule has 0 spiro atoms. The van der Waals surface area contributed by atoms with Gasteiger partial charge < -0.3 is 9.67 Å². The molecule has 4 heteroatoms. The maximum absolute atomic E-state index is 10.6. The van der Waals surface area contributed by atoms with E-state index in [1.807, 2.05) is 16.8 Å². The Morgan fingerprint density at radius 3 is 3.12 bits per heavy atom. The van der Waals surface area contributed by atoms with Gasteiger partial charge in [-0.1, -0.05) is 0 Å². The van der Waals surface area contributed by atoms with Crippen molar-refractivity contribution >= 4 is 5.97 Å². The smallest absolute Gasteiger partial charge is 0.303 e. The summed E-state index contributed by atoms with van der Waals surface area (Å²) < 4.78 is 1.97. The molecule has 1 aromatic rings. The molecule has 1 fully saturated rings. The van der Waals surface area contributed by atoms with Crippen LogP contribution in [-0.2, 0) is 4.79 Å². The molecule has 16 heavy (non-hydrogen) atoms. The Morgan fingerprint density at radius 2 is 2.44 bits per heavy atom. The molecule has 2 rings (SSSR count).